The number of carbonyl (C=O) groups excluding carboxylic acids is 1. The summed E-state index contributed by atoms with van der Waals surface area (Å²) in [6, 6.07) is 12.8. The van der Waals surface area contributed by atoms with Crippen LogP contribution in [0.2, 0.25) is 0 Å². The lowest BCUT2D eigenvalue weighted by atomic mass is 10.1. The quantitative estimate of drug-likeness (QED) is 0.622. The number of amides is 1. The summed E-state index contributed by atoms with van der Waals surface area (Å²) in [6.45, 7) is 0.691. The second-order valence-electron chi connectivity index (χ2n) is 5.94. The van der Waals surface area contributed by atoms with E-state index in [1.54, 1.807) is 17.6 Å². The van der Waals surface area contributed by atoms with Crippen molar-refractivity contribution in [2.75, 3.05) is 13.6 Å². The molecule has 27 heavy (non-hydrogen) atoms. The Morgan fingerprint density at radius 2 is 1.96 bits per heavy atom. The number of aromatic nitrogens is 2. The summed E-state index contributed by atoms with van der Waals surface area (Å²) in [4.78, 5) is 12.2. The molecule has 0 bridgehead atoms. The zero-order valence-corrected chi connectivity index (χ0v) is 16.4. The molecular weight excluding hydrogens is 384 g/mol. The van der Waals surface area contributed by atoms with E-state index in [1.165, 1.54) is 13.1 Å². The maximum atomic E-state index is 12.4. The first-order chi connectivity index (χ1) is 13.0. The van der Waals surface area contributed by atoms with Gasteiger partial charge in [-0.15, -0.1) is 11.3 Å². The molecule has 2 aromatic heterocycles. The lowest BCUT2D eigenvalue weighted by Gasteiger charge is -2.16. The van der Waals surface area contributed by atoms with Crippen molar-refractivity contribution in [1.29, 1.82) is 0 Å². The molecule has 0 unspecified atom stereocenters. The molecule has 1 aromatic carbocycles. The van der Waals surface area contributed by atoms with Crippen molar-refractivity contribution in [3.63, 3.8) is 0 Å². The number of sulfonamides is 1. The fourth-order valence-electron chi connectivity index (χ4n) is 2.55. The van der Waals surface area contributed by atoms with Gasteiger partial charge in [0.05, 0.1) is 13.1 Å². The molecule has 0 fully saturated rings. The molecule has 3 aromatic rings. The predicted molar refractivity (Wildman–Crippen MR) is 104 cm³/mol. The predicted octanol–water partition coefficient (Wildman–Crippen LogP) is 1.93. The highest BCUT2D eigenvalue weighted by atomic mass is 32.2. The van der Waals surface area contributed by atoms with Crippen LogP contribution >= 0.6 is 11.3 Å². The Labute approximate surface area is 162 Å². The smallest absolute Gasteiger partial charge is 0.252 e. The summed E-state index contributed by atoms with van der Waals surface area (Å²) < 4.78 is 27.9. The lowest BCUT2D eigenvalue weighted by Crippen LogP contribution is -2.38. The number of nitrogens with one attached hydrogen (secondary N) is 1. The van der Waals surface area contributed by atoms with Crippen molar-refractivity contribution in [2.24, 2.45) is 0 Å². The van der Waals surface area contributed by atoms with Crippen LogP contribution in [0, 0.1) is 0 Å². The van der Waals surface area contributed by atoms with Crippen LogP contribution in [-0.2, 0) is 27.9 Å². The van der Waals surface area contributed by atoms with E-state index >= 15 is 0 Å². The van der Waals surface area contributed by atoms with Gasteiger partial charge < -0.3 is 5.32 Å². The van der Waals surface area contributed by atoms with Gasteiger partial charge in [-0.2, -0.15) is 9.40 Å². The minimum absolute atomic E-state index is 0.224. The standard InChI is InChI=1S/C18H20N4O3S2/c1-21(27(24,25)18-8-4-11-26-18)14-17(23)19-12-15-6-2-3-7-16(15)13-22-10-5-9-20-22/h2-11H,12-14H2,1H3,(H,19,23). The van der Waals surface area contributed by atoms with Crippen LogP contribution in [0.1, 0.15) is 11.1 Å². The van der Waals surface area contributed by atoms with Crippen LogP contribution in [0.4, 0.5) is 0 Å². The molecule has 2 heterocycles. The summed E-state index contributed by atoms with van der Waals surface area (Å²) in [6.07, 6.45) is 3.59. The number of hydrogen-bond donors (Lipinski definition) is 1. The second kappa shape index (κ2) is 8.47. The van der Waals surface area contributed by atoms with Gasteiger partial charge in [-0.05, 0) is 28.6 Å². The van der Waals surface area contributed by atoms with Gasteiger partial charge in [0.2, 0.25) is 5.91 Å². The number of carbonyl (C=O) groups is 1. The van der Waals surface area contributed by atoms with Crippen LogP contribution < -0.4 is 5.32 Å². The molecule has 3 rings (SSSR count). The van der Waals surface area contributed by atoms with Crippen molar-refractivity contribution < 1.29 is 13.2 Å². The maximum absolute atomic E-state index is 12.4. The average molecular weight is 405 g/mol. The fourth-order valence-corrected chi connectivity index (χ4v) is 4.88. The van der Waals surface area contributed by atoms with E-state index in [4.69, 9.17) is 0 Å². The first kappa shape index (κ1) is 19.3. The summed E-state index contributed by atoms with van der Waals surface area (Å²) >= 11 is 1.13. The monoisotopic (exact) mass is 404 g/mol. The van der Waals surface area contributed by atoms with Gasteiger partial charge in [0.1, 0.15) is 4.21 Å². The van der Waals surface area contributed by atoms with Crippen molar-refractivity contribution in [1.82, 2.24) is 19.4 Å². The topological polar surface area (TPSA) is 84.3 Å². The van der Waals surface area contributed by atoms with Gasteiger partial charge in [-0.25, -0.2) is 8.42 Å². The molecule has 0 radical (unpaired) electrons. The lowest BCUT2D eigenvalue weighted by molar-refractivity contribution is -0.121. The molecule has 9 heteroatoms. The van der Waals surface area contributed by atoms with Gasteiger partial charge in [0.15, 0.2) is 0 Å². The number of rotatable bonds is 8. The van der Waals surface area contributed by atoms with E-state index < -0.39 is 10.0 Å². The third kappa shape index (κ3) is 4.82. The maximum Gasteiger partial charge on any atom is 0.252 e. The third-order valence-corrected chi connectivity index (χ3v) is 7.19. The Bertz CT molecular complexity index is 984. The minimum Gasteiger partial charge on any atom is -0.351 e. The van der Waals surface area contributed by atoms with E-state index in [0.29, 0.717) is 13.1 Å². The van der Waals surface area contributed by atoms with Crippen LogP contribution in [0.25, 0.3) is 0 Å². The SMILES string of the molecule is CN(CC(=O)NCc1ccccc1Cn1cccn1)S(=O)(=O)c1cccs1. The highest BCUT2D eigenvalue weighted by Crippen LogP contribution is 2.19. The first-order valence-electron chi connectivity index (χ1n) is 8.27. The molecule has 0 aliphatic carbocycles. The van der Waals surface area contributed by atoms with Crippen molar-refractivity contribution in [3.05, 3.63) is 71.4 Å². The van der Waals surface area contributed by atoms with E-state index in [9.17, 15) is 13.2 Å². The zero-order chi connectivity index (χ0) is 19.3. The molecule has 142 valence electrons. The van der Waals surface area contributed by atoms with Gasteiger partial charge >= 0.3 is 0 Å². The van der Waals surface area contributed by atoms with Gasteiger partial charge in [-0.3, -0.25) is 9.48 Å². The Balaban J connectivity index is 1.60. The summed E-state index contributed by atoms with van der Waals surface area (Å²) in [7, 11) is -2.23. The number of likely N-dealkylation sites (N-methyl/N-ethyl adjacent to an activating group) is 1. The summed E-state index contributed by atoms with van der Waals surface area (Å²) in [5, 5.41) is 8.68. The highest BCUT2D eigenvalue weighted by Gasteiger charge is 2.23. The highest BCUT2D eigenvalue weighted by molar-refractivity contribution is 7.91. The molecular formula is C18H20N4O3S2. The number of nitrogens with zero attached hydrogens (tertiary/aromatic N) is 3. The molecule has 0 aliphatic heterocycles. The second-order valence-corrected chi connectivity index (χ2v) is 9.16. The Morgan fingerprint density at radius 1 is 1.19 bits per heavy atom. The fraction of sp³-hybridized carbons (Fsp3) is 0.222. The van der Waals surface area contributed by atoms with Gasteiger partial charge in [0, 0.05) is 26.0 Å². The van der Waals surface area contributed by atoms with E-state index in [-0.39, 0.29) is 16.7 Å². The molecule has 1 N–H and O–H groups in total. The van der Waals surface area contributed by atoms with Crippen LogP contribution in [0.3, 0.4) is 0 Å². The normalized spacial score (nSPS) is 11.6. The Kier molecular flexibility index (Phi) is 6.04. The van der Waals surface area contributed by atoms with Crippen molar-refractivity contribution in [3.8, 4) is 0 Å². The molecule has 1 amide bonds. The zero-order valence-electron chi connectivity index (χ0n) is 14.8. The van der Waals surface area contributed by atoms with Crippen LogP contribution in [-0.4, -0.2) is 42.0 Å². The minimum atomic E-state index is -3.64. The first-order valence-corrected chi connectivity index (χ1v) is 10.6. The Hall–Kier alpha value is -2.49. The average Bonchev–Trinajstić information content (AvgIpc) is 3.35. The van der Waals surface area contributed by atoms with Crippen LogP contribution in [0.5, 0.6) is 0 Å². The number of hydrogen-bond acceptors (Lipinski definition) is 5. The van der Waals surface area contributed by atoms with E-state index in [1.807, 2.05) is 41.2 Å². The largest absolute Gasteiger partial charge is 0.351 e. The number of benzene rings is 1. The van der Waals surface area contributed by atoms with E-state index in [2.05, 4.69) is 10.4 Å². The number of thiophene rings is 1. The third-order valence-electron chi connectivity index (χ3n) is 4.01. The van der Waals surface area contributed by atoms with E-state index in [0.717, 1.165) is 26.8 Å². The molecule has 0 saturated carbocycles. The van der Waals surface area contributed by atoms with Gasteiger partial charge in [0.25, 0.3) is 10.0 Å². The van der Waals surface area contributed by atoms with Crippen molar-refractivity contribution in [2.45, 2.75) is 17.3 Å². The van der Waals surface area contributed by atoms with Crippen molar-refractivity contribution >= 4 is 27.3 Å². The molecule has 0 atom stereocenters. The summed E-state index contributed by atoms with van der Waals surface area (Å²) in [5.74, 6) is -0.355. The molecule has 0 spiro atoms. The van der Waals surface area contributed by atoms with Crippen LogP contribution in [0.15, 0.2) is 64.4 Å². The van der Waals surface area contributed by atoms with Gasteiger partial charge in [-0.1, -0.05) is 30.3 Å². The Morgan fingerprint density at radius 3 is 2.63 bits per heavy atom. The molecule has 0 aliphatic rings. The molecule has 0 saturated heterocycles. The molecule has 7 nitrogen and oxygen atoms in total. The summed E-state index contributed by atoms with van der Waals surface area (Å²) in [5.41, 5.74) is 2.01.